The van der Waals surface area contributed by atoms with E-state index in [-0.39, 0.29) is 12.2 Å². The Hall–Kier alpha value is -2.78. The molecule has 0 bridgehead atoms. The summed E-state index contributed by atoms with van der Waals surface area (Å²) in [5, 5.41) is 0. The second-order valence-electron chi connectivity index (χ2n) is 8.94. The average molecular weight is 414 g/mol. The summed E-state index contributed by atoms with van der Waals surface area (Å²) >= 11 is 0. The molecule has 3 aromatic carbocycles. The van der Waals surface area contributed by atoms with E-state index in [1.54, 1.807) is 0 Å². The Morgan fingerprint density at radius 2 is 1.71 bits per heavy atom. The van der Waals surface area contributed by atoms with Crippen LogP contribution < -0.4 is 9.47 Å². The highest BCUT2D eigenvalue weighted by atomic mass is 16.5. The third-order valence-electron chi connectivity index (χ3n) is 6.64. The first kappa shape index (κ1) is 20.1. The van der Waals surface area contributed by atoms with Crippen LogP contribution >= 0.6 is 0 Å². The van der Waals surface area contributed by atoms with E-state index in [4.69, 9.17) is 9.47 Å². The van der Waals surface area contributed by atoms with E-state index in [9.17, 15) is 0 Å². The van der Waals surface area contributed by atoms with Gasteiger partial charge in [-0.2, -0.15) is 0 Å². The van der Waals surface area contributed by atoms with Gasteiger partial charge in [0, 0.05) is 18.5 Å². The van der Waals surface area contributed by atoms with Crippen LogP contribution in [0.3, 0.4) is 0 Å². The summed E-state index contributed by atoms with van der Waals surface area (Å²) in [4.78, 5) is 2.42. The number of piperidine rings is 1. The Morgan fingerprint density at radius 1 is 0.935 bits per heavy atom. The van der Waals surface area contributed by atoms with Crippen molar-refractivity contribution in [3.05, 3.63) is 95.6 Å². The van der Waals surface area contributed by atoms with Gasteiger partial charge in [0.25, 0.3) is 0 Å². The molecule has 2 aliphatic heterocycles. The van der Waals surface area contributed by atoms with Gasteiger partial charge in [-0.1, -0.05) is 66.7 Å². The van der Waals surface area contributed by atoms with Crippen molar-refractivity contribution in [2.45, 2.75) is 37.9 Å². The second-order valence-corrected chi connectivity index (χ2v) is 8.94. The third kappa shape index (κ3) is 4.62. The summed E-state index contributed by atoms with van der Waals surface area (Å²) in [6, 6.07) is 27.6. The van der Waals surface area contributed by atoms with Gasteiger partial charge in [-0.05, 0) is 62.0 Å². The molecule has 3 atom stereocenters. The number of likely N-dealkylation sites (tertiary alicyclic amines) is 1. The highest BCUT2D eigenvalue weighted by Crippen LogP contribution is 2.39. The van der Waals surface area contributed by atoms with Gasteiger partial charge in [-0.3, -0.25) is 0 Å². The van der Waals surface area contributed by atoms with E-state index in [1.165, 1.54) is 36.1 Å². The van der Waals surface area contributed by atoms with E-state index in [2.05, 4.69) is 90.8 Å². The summed E-state index contributed by atoms with van der Waals surface area (Å²) in [6.07, 6.45) is 4.63. The number of ether oxygens (including phenoxy) is 2. The Balaban J connectivity index is 1.39. The van der Waals surface area contributed by atoms with E-state index in [0.717, 1.165) is 30.9 Å². The highest BCUT2D eigenvalue weighted by molar-refractivity contribution is 5.43. The molecule has 0 N–H and O–H groups in total. The quantitative estimate of drug-likeness (QED) is 0.496. The zero-order valence-electron chi connectivity index (χ0n) is 18.2. The van der Waals surface area contributed by atoms with Crippen LogP contribution in [0.1, 0.15) is 48.2 Å². The van der Waals surface area contributed by atoms with Crippen LogP contribution in [0.25, 0.3) is 0 Å². The molecule has 2 heterocycles. The van der Waals surface area contributed by atoms with E-state index in [1.807, 2.05) is 0 Å². The lowest BCUT2D eigenvalue weighted by Crippen LogP contribution is -2.36. The van der Waals surface area contributed by atoms with Crippen molar-refractivity contribution in [1.29, 1.82) is 0 Å². The summed E-state index contributed by atoms with van der Waals surface area (Å²) in [5.41, 5.74) is 3.77. The van der Waals surface area contributed by atoms with Crippen molar-refractivity contribution in [1.82, 2.24) is 4.90 Å². The standard InChI is InChI=1S/C28H31NO2/c1-29-18-8-13-24(20-29)28(23-11-6-3-7-12-23)30-25-16-14-22-15-17-26(31-27(22)19-25)21-9-4-2-5-10-21/h2-7,9-12,14,16,19,24,26,28H,8,13,15,17-18,20H2,1H3. The van der Waals surface area contributed by atoms with Crippen molar-refractivity contribution in [3.8, 4) is 11.5 Å². The number of benzene rings is 3. The van der Waals surface area contributed by atoms with E-state index >= 15 is 0 Å². The van der Waals surface area contributed by atoms with Crippen LogP contribution in [0.5, 0.6) is 11.5 Å². The van der Waals surface area contributed by atoms with Gasteiger partial charge in [0.1, 0.15) is 23.7 Å². The van der Waals surface area contributed by atoms with Crippen molar-refractivity contribution in [3.63, 3.8) is 0 Å². The molecule has 31 heavy (non-hydrogen) atoms. The summed E-state index contributed by atoms with van der Waals surface area (Å²) in [7, 11) is 2.21. The minimum Gasteiger partial charge on any atom is -0.485 e. The molecule has 0 aliphatic carbocycles. The molecule has 2 aliphatic rings. The van der Waals surface area contributed by atoms with Gasteiger partial charge in [-0.15, -0.1) is 0 Å². The Morgan fingerprint density at radius 3 is 2.48 bits per heavy atom. The summed E-state index contributed by atoms with van der Waals surface area (Å²) < 4.78 is 13.1. The van der Waals surface area contributed by atoms with Gasteiger partial charge < -0.3 is 14.4 Å². The van der Waals surface area contributed by atoms with Crippen molar-refractivity contribution in [2.24, 2.45) is 5.92 Å². The largest absolute Gasteiger partial charge is 0.485 e. The number of nitrogens with zero attached hydrogens (tertiary/aromatic N) is 1. The molecular formula is C28H31NO2. The fourth-order valence-electron chi connectivity index (χ4n) is 5.00. The molecule has 0 aromatic heterocycles. The first-order valence-corrected chi connectivity index (χ1v) is 11.5. The molecule has 5 rings (SSSR count). The summed E-state index contributed by atoms with van der Waals surface area (Å²) in [5.74, 6) is 2.34. The van der Waals surface area contributed by atoms with Gasteiger partial charge in [0.15, 0.2) is 0 Å². The molecule has 0 saturated carbocycles. The van der Waals surface area contributed by atoms with Crippen LogP contribution in [0, 0.1) is 5.92 Å². The van der Waals surface area contributed by atoms with E-state index < -0.39 is 0 Å². The van der Waals surface area contributed by atoms with E-state index in [0.29, 0.717) is 5.92 Å². The first-order chi connectivity index (χ1) is 15.3. The predicted molar refractivity (Wildman–Crippen MR) is 125 cm³/mol. The molecule has 160 valence electrons. The Kier molecular flexibility index (Phi) is 5.95. The molecule has 1 saturated heterocycles. The minimum absolute atomic E-state index is 0.0514. The number of aryl methyl sites for hydroxylation is 1. The molecule has 0 amide bonds. The molecule has 3 aromatic rings. The fraction of sp³-hybridized carbons (Fsp3) is 0.357. The molecule has 0 spiro atoms. The zero-order valence-corrected chi connectivity index (χ0v) is 18.2. The normalized spacial score (nSPS) is 22.2. The molecule has 3 heteroatoms. The van der Waals surface area contributed by atoms with Crippen molar-refractivity contribution >= 4 is 0 Å². The minimum atomic E-state index is 0.0514. The smallest absolute Gasteiger partial charge is 0.128 e. The Labute approximate surface area is 185 Å². The van der Waals surface area contributed by atoms with Crippen LogP contribution in [-0.2, 0) is 6.42 Å². The van der Waals surface area contributed by atoms with Crippen LogP contribution in [0.15, 0.2) is 78.9 Å². The topological polar surface area (TPSA) is 21.7 Å². The van der Waals surface area contributed by atoms with Gasteiger partial charge in [0.2, 0.25) is 0 Å². The number of hydrogen-bond acceptors (Lipinski definition) is 3. The molecule has 1 fully saturated rings. The van der Waals surface area contributed by atoms with Crippen LogP contribution in [-0.4, -0.2) is 25.0 Å². The molecule has 0 radical (unpaired) electrons. The zero-order chi connectivity index (χ0) is 21.0. The lowest BCUT2D eigenvalue weighted by atomic mass is 9.88. The van der Waals surface area contributed by atoms with Crippen molar-refractivity contribution < 1.29 is 9.47 Å². The maximum atomic E-state index is 6.69. The van der Waals surface area contributed by atoms with Gasteiger partial charge in [-0.25, -0.2) is 0 Å². The lowest BCUT2D eigenvalue weighted by Gasteiger charge is -2.35. The van der Waals surface area contributed by atoms with Gasteiger partial charge in [0.05, 0.1) is 0 Å². The number of fused-ring (bicyclic) bond motifs is 1. The maximum absolute atomic E-state index is 6.69. The van der Waals surface area contributed by atoms with Crippen LogP contribution in [0.2, 0.25) is 0 Å². The highest BCUT2D eigenvalue weighted by Gasteiger charge is 2.29. The van der Waals surface area contributed by atoms with Crippen molar-refractivity contribution in [2.75, 3.05) is 20.1 Å². The monoisotopic (exact) mass is 413 g/mol. The molecule has 3 unspecified atom stereocenters. The third-order valence-corrected chi connectivity index (χ3v) is 6.64. The molecular weight excluding hydrogens is 382 g/mol. The number of rotatable bonds is 5. The first-order valence-electron chi connectivity index (χ1n) is 11.5. The predicted octanol–water partition coefficient (Wildman–Crippen LogP) is 6.21. The fourth-order valence-corrected chi connectivity index (χ4v) is 5.00. The average Bonchev–Trinajstić information content (AvgIpc) is 2.83. The molecule has 3 nitrogen and oxygen atoms in total. The lowest BCUT2D eigenvalue weighted by molar-refractivity contribution is 0.0770. The van der Waals surface area contributed by atoms with Gasteiger partial charge >= 0.3 is 0 Å². The Bertz CT molecular complexity index is 988. The summed E-state index contributed by atoms with van der Waals surface area (Å²) in [6.45, 7) is 2.24. The van der Waals surface area contributed by atoms with Crippen LogP contribution in [0.4, 0.5) is 0 Å². The second kappa shape index (κ2) is 9.15. The SMILES string of the molecule is CN1CCCC(C(Oc2ccc3c(c2)OC(c2ccccc2)CC3)c2ccccc2)C1. The number of hydrogen-bond donors (Lipinski definition) is 0. The maximum Gasteiger partial charge on any atom is 0.128 e.